The fourth-order valence-electron chi connectivity index (χ4n) is 6.95. The fourth-order valence-corrected chi connectivity index (χ4v) is 6.95. The van der Waals surface area contributed by atoms with Crippen molar-refractivity contribution in [3.63, 3.8) is 0 Å². The van der Waals surface area contributed by atoms with E-state index in [2.05, 4.69) is 24.1 Å². The third-order valence-corrected chi connectivity index (χ3v) is 8.11. The van der Waals surface area contributed by atoms with Crippen LogP contribution in [-0.4, -0.2) is 22.5 Å². The highest BCUT2D eigenvalue weighted by atomic mass is 16.6. The Morgan fingerprint density at radius 1 is 1.27 bits per heavy atom. The molecular formula is C22H29NO3. The van der Waals surface area contributed by atoms with Crippen LogP contribution in [0.2, 0.25) is 0 Å². The number of hydrogen-bond donors (Lipinski definition) is 1. The highest BCUT2D eigenvalue weighted by Gasteiger charge is 2.64. The molecule has 4 nitrogen and oxygen atoms in total. The molecule has 4 aliphatic carbocycles. The molecule has 0 amide bonds. The van der Waals surface area contributed by atoms with Gasteiger partial charge in [-0.15, -0.1) is 6.42 Å². The summed E-state index contributed by atoms with van der Waals surface area (Å²) in [5, 5.41) is 12.5. The van der Waals surface area contributed by atoms with Gasteiger partial charge in [0.05, 0.1) is 5.71 Å². The SMILES string of the molecule is C#C[C@]1(OC(C)=O)CC[C@H]2[C@@H]3CCC4=C/C(=N/O)CC[C@@H]4[C@H]3CC[C@@]21C. The molecule has 3 saturated carbocycles. The van der Waals surface area contributed by atoms with Crippen molar-refractivity contribution in [3.8, 4) is 12.3 Å². The molecule has 4 heteroatoms. The molecule has 4 aliphatic rings. The number of nitrogens with zero attached hydrogens (tertiary/aromatic N) is 1. The first-order valence-electron chi connectivity index (χ1n) is 10.0. The van der Waals surface area contributed by atoms with E-state index in [0.29, 0.717) is 23.7 Å². The van der Waals surface area contributed by atoms with Crippen molar-refractivity contribution in [1.29, 1.82) is 0 Å². The average molecular weight is 355 g/mol. The smallest absolute Gasteiger partial charge is 0.304 e. The molecule has 0 saturated heterocycles. The number of rotatable bonds is 1. The van der Waals surface area contributed by atoms with Gasteiger partial charge in [-0.2, -0.15) is 0 Å². The fraction of sp³-hybridized carbons (Fsp3) is 0.727. The molecule has 0 radical (unpaired) electrons. The van der Waals surface area contributed by atoms with E-state index < -0.39 is 5.60 Å². The number of oxime groups is 1. The van der Waals surface area contributed by atoms with Crippen molar-refractivity contribution in [1.82, 2.24) is 0 Å². The molecule has 26 heavy (non-hydrogen) atoms. The molecule has 0 aromatic heterocycles. The zero-order valence-corrected chi connectivity index (χ0v) is 15.8. The van der Waals surface area contributed by atoms with Gasteiger partial charge in [0, 0.05) is 12.3 Å². The van der Waals surface area contributed by atoms with Crippen LogP contribution in [0.5, 0.6) is 0 Å². The van der Waals surface area contributed by atoms with Crippen molar-refractivity contribution >= 4 is 11.7 Å². The van der Waals surface area contributed by atoms with Crippen LogP contribution in [0, 0.1) is 41.4 Å². The maximum absolute atomic E-state index is 11.8. The highest BCUT2D eigenvalue weighted by Crippen LogP contribution is 2.65. The van der Waals surface area contributed by atoms with Gasteiger partial charge in [0.25, 0.3) is 0 Å². The van der Waals surface area contributed by atoms with Crippen LogP contribution in [0.15, 0.2) is 16.8 Å². The molecule has 3 fully saturated rings. The molecule has 1 N–H and O–H groups in total. The van der Waals surface area contributed by atoms with Gasteiger partial charge in [-0.1, -0.05) is 23.6 Å². The minimum atomic E-state index is -0.728. The van der Waals surface area contributed by atoms with Crippen LogP contribution in [-0.2, 0) is 9.53 Å². The van der Waals surface area contributed by atoms with Crippen molar-refractivity contribution in [2.24, 2.45) is 34.2 Å². The van der Waals surface area contributed by atoms with Gasteiger partial charge in [-0.05, 0) is 81.1 Å². The Labute approximate surface area is 156 Å². The quantitative estimate of drug-likeness (QED) is 0.330. The van der Waals surface area contributed by atoms with Crippen LogP contribution in [0.3, 0.4) is 0 Å². The van der Waals surface area contributed by atoms with Gasteiger partial charge in [-0.3, -0.25) is 4.79 Å². The van der Waals surface area contributed by atoms with Crippen LogP contribution in [0.25, 0.3) is 0 Å². The topological polar surface area (TPSA) is 58.9 Å². The normalized spacial score (nSPS) is 45.7. The lowest BCUT2D eigenvalue weighted by Crippen LogP contribution is -2.53. The van der Waals surface area contributed by atoms with Crippen LogP contribution in [0.4, 0.5) is 0 Å². The molecule has 0 aliphatic heterocycles. The Bertz CT molecular complexity index is 717. The number of carbonyl (C=O) groups is 1. The maximum atomic E-state index is 11.8. The lowest BCUT2D eigenvalue weighted by molar-refractivity contribution is -0.167. The predicted octanol–water partition coefficient (Wildman–Crippen LogP) is 4.32. The molecule has 0 heterocycles. The monoisotopic (exact) mass is 355 g/mol. The summed E-state index contributed by atoms with van der Waals surface area (Å²) in [6, 6.07) is 0. The maximum Gasteiger partial charge on any atom is 0.304 e. The molecule has 0 aromatic rings. The Morgan fingerprint density at radius 2 is 2.08 bits per heavy atom. The van der Waals surface area contributed by atoms with Gasteiger partial charge in [0.15, 0.2) is 5.60 Å². The average Bonchev–Trinajstić information content (AvgIpc) is 2.93. The molecule has 0 aromatic carbocycles. The molecule has 6 atom stereocenters. The Kier molecular flexibility index (Phi) is 4.17. The van der Waals surface area contributed by atoms with E-state index >= 15 is 0 Å². The van der Waals surface area contributed by atoms with Gasteiger partial charge < -0.3 is 9.94 Å². The van der Waals surface area contributed by atoms with Crippen molar-refractivity contribution < 1.29 is 14.7 Å². The number of hydrogen-bond acceptors (Lipinski definition) is 4. The number of fused-ring (bicyclic) bond motifs is 5. The first-order chi connectivity index (χ1) is 12.4. The Balaban J connectivity index is 1.63. The molecular weight excluding hydrogens is 326 g/mol. The molecule has 0 bridgehead atoms. The second-order valence-electron chi connectivity index (χ2n) is 8.99. The largest absolute Gasteiger partial charge is 0.445 e. The number of ether oxygens (including phenoxy) is 1. The number of allylic oxidation sites excluding steroid dienone is 2. The summed E-state index contributed by atoms with van der Waals surface area (Å²) in [7, 11) is 0. The Morgan fingerprint density at radius 3 is 2.77 bits per heavy atom. The van der Waals surface area contributed by atoms with Crippen molar-refractivity contribution in [2.75, 3.05) is 0 Å². The zero-order valence-electron chi connectivity index (χ0n) is 15.8. The second-order valence-corrected chi connectivity index (χ2v) is 8.99. The Hall–Kier alpha value is -1.76. The van der Waals surface area contributed by atoms with Gasteiger partial charge >= 0.3 is 5.97 Å². The summed E-state index contributed by atoms with van der Waals surface area (Å²) in [6.07, 6.45) is 16.3. The summed E-state index contributed by atoms with van der Waals surface area (Å²) in [5.74, 6) is 5.17. The second kappa shape index (κ2) is 6.15. The van der Waals surface area contributed by atoms with E-state index in [0.717, 1.165) is 50.7 Å². The third-order valence-electron chi connectivity index (χ3n) is 8.11. The first-order valence-corrected chi connectivity index (χ1v) is 10.0. The number of terminal acetylenes is 1. The van der Waals surface area contributed by atoms with E-state index in [-0.39, 0.29) is 11.4 Å². The van der Waals surface area contributed by atoms with E-state index in [4.69, 9.17) is 16.4 Å². The van der Waals surface area contributed by atoms with Crippen molar-refractivity contribution in [3.05, 3.63) is 11.6 Å². The van der Waals surface area contributed by atoms with Crippen molar-refractivity contribution in [2.45, 2.75) is 70.8 Å². The summed E-state index contributed by atoms with van der Waals surface area (Å²) in [6.45, 7) is 3.74. The minimum absolute atomic E-state index is 0.109. The predicted molar refractivity (Wildman–Crippen MR) is 99.6 cm³/mol. The van der Waals surface area contributed by atoms with Crippen LogP contribution >= 0.6 is 0 Å². The third kappa shape index (κ3) is 2.36. The number of esters is 1. The molecule has 140 valence electrons. The van der Waals surface area contributed by atoms with E-state index in [1.54, 1.807) is 0 Å². The molecule has 0 spiro atoms. The first kappa shape index (κ1) is 17.6. The van der Waals surface area contributed by atoms with Gasteiger partial charge in [0.1, 0.15) is 0 Å². The lowest BCUT2D eigenvalue weighted by atomic mass is 9.50. The number of carbonyl (C=O) groups excluding carboxylic acids is 1. The van der Waals surface area contributed by atoms with Crippen LogP contribution < -0.4 is 0 Å². The van der Waals surface area contributed by atoms with E-state index in [9.17, 15) is 4.79 Å². The van der Waals surface area contributed by atoms with E-state index in [1.165, 1.54) is 18.9 Å². The van der Waals surface area contributed by atoms with Gasteiger partial charge in [0.2, 0.25) is 0 Å². The summed E-state index contributed by atoms with van der Waals surface area (Å²) >= 11 is 0. The van der Waals surface area contributed by atoms with Crippen LogP contribution in [0.1, 0.15) is 65.2 Å². The summed E-state index contributed by atoms with van der Waals surface area (Å²) in [4.78, 5) is 11.8. The highest BCUT2D eigenvalue weighted by molar-refractivity contribution is 5.96. The molecule has 4 rings (SSSR count). The zero-order chi connectivity index (χ0) is 18.5. The summed E-state index contributed by atoms with van der Waals surface area (Å²) in [5.41, 5.74) is 1.48. The lowest BCUT2D eigenvalue weighted by Gasteiger charge is -2.55. The summed E-state index contributed by atoms with van der Waals surface area (Å²) < 4.78 is 5.81. The standard InChI is InChI=1S/C22H29NO3/c1-4-22(26-14(2)24)12-10-20-19-7-5-15-13-16(23-25)6-8-17(15)18(19)9-11-21(20,22)3/h1,13,17-20,25H,5-12H2,2-3H3/b23-16+/t17-,18+,19+,20-,21-,22-/m0/s1. The molecule has 0 unspecified atom stereocenters. The van der Waals surface area contributed by atoms with Gasteiger partial charge in [-0.25, -0.2) is 0 Å². The minimum Gasteiger partial charge on any atom is -0.445 e. The van der Waals surface area contributed by atoms with E-state index in [1.807, 2.05) is 0 Å².